The monoisotopic (exact) mass is 264 g/mol. The minimum Gasteiger partial charge on any atom is -0.496 e. The summed E-state index contributed by atoms with van der Waals surface area (Å²) in [5.74, 6) is 0.651. The third-order valence-corrected chi connectivity index (χ3v) is 3.08. The third kappa shape index (κ3) is 2.28. The van der Waals surface area contributed by atoms with E-state index in [0.717, 1.165) is 5.56 Å². The summed E-state index contributed by atoms with van der Waals surface area (Å²) >= 11 is 0. The largest absolute Gasteiger partial charge is 0.496 e. The van der Waals surface area contributed by atoms with Gasteiger partial charge in [0.05, 0.1) is 18.9 Å². The van der Waals surface area contributed by atoms with Gasteiger partial charge in [-0.05, 0) is 26.3 Å². The van der Waals surface area contributed by atoms with E-state index in [1.165, 1.54) is 27.2 Å². The molecule has 0 bridgehead atoms. The summed E-state index contributed by atoms with van der Waals surface area (Å²) in [7, 11) is 1.51. The molecule has 19 heavy (non-hydrogen) atoms. The summed E-state index contributed by atoms with van der Waals surface area (Å²) in [5, 5.41) is 3.66. The second-order valence-corrected chi connectivity index (χ2v) is 4.91. The number of hydrogen-bond acceptors (Lipinski definition) is 4. The number of methoxy groups -OCH3 is 1. The van der Waals surface area contributed by atoms with Gasteiger partial charge in [-0.3, -0.25) is 0 Å². The fraction of sp³-hybridized carbons (Fsp3) is 0.357. The number of anilines is 1. The summed E-state index contributed by atoms with van der Waals surface area (Å²) in [4.78, 5) is 0. The van der Waals surface area contributed by atoms with Gasteiger partial charge in [-0.1, -0.05) is 17.3 Å². The number of nitrogens with zero attached hydrogens (tertiary/aromatic N) is 1. The molecule has 1 aromatic carbocycles. The molecule has 5 heteroatoms. The van der Waals surface area contributed by atoms with E-state index in [2.05, 4.69) is 5.16 Å². The molecule has 0 aliphatic rings. The van der Waals surface area contributed by atoms with E-state index in [0.29, 0.717) is 22.4 Å². The van der Waals surface area contributed by atoms with E-state index < -0.39 is 5.67 Å². The number of alkyl halides is 1. The maximum atomic E-state index is 14.3. The Kier molecular flexibility index (Phi) is 3.22. The molecule has 0 saturated carbocycles. The number of ether oxygens (including phenoxy) is 1. The first-order valence-corrected chi connectivity index (χ1v) is 5.93. The quantitative estimate of drug-likeness (QED) is 0.922. The molecule has 0 amide bonds. The standard InChI is InChI=1S/C14H17FN2O2/c1-8-5-6-10(14(2,3)15)12(18-4)11(8)9-7-17-19-13(9)16/h5-7H,16H2,1-4H3. The molecule has 0 spiro atoms. The number of benzene rings is 1. The Morgan fingerprint density at radius 2 is 2.05 bits per heavy atom. The molecule has 1 aromatic heterocycles. The summed E-state index contributed by atoms with van der Waals surface area (Å²) in [6.07, 6.45) is 1.51. The zero-order valence-electron chi connectivity index (χ0n) is 11.5. The molecule has 2 N–H and O–H groups in total. The maximum absolute atomic E-state index is 14.3. The molecule has 102 valence electrons. The Bertz CT molecular complexity index is 600. The summed E-state index contributed by atoms with van der Waals surface area (Å²) in [5.41, 5.74) is 6.94. The zero-order chi connectivity index (χ0) is 14.2. The number of nitrogen functional groups attached to an aromatic ring is 1. The van der Waals surface area contributed by atoms with Crippen molar-refractivity contribution in [3.63, 3.8) is 0 Å². The first kappa shape index (κ1) is 13.4. The van der Waals surface area contributed by atoms with E-state index in [-0.39, 0.29) is 5.88 Å². The average Bonchev–Trinajstić information content (AvgIpc) is 2.73. The normalized spacial score (nSPS) is 11.6. The van der Waals surface area contributed by atoms with Crippen molar-refractivity contribution in [3.8, 4) is 16.9 Å². The number of halogens is 1. The third-order valence-electron chi connectivity index (χ3n) is 3.08. The molecule has 2 rings (SSSR count). The number of aromatic nitrogens is 1. The van der Waals surface area contributed by atoms with Gasteiger partial charge in [0.25, 0.3) is 0 Å². The van der Waals surface area contributed by atoms with Crippen LogP contribution < -0.4 is 10.5 Å². The Hall–Kier alpha value is -2.04. The van der Waals surface area contributed by atoms with E-state index >= 15 is 0 Å². The van der Waals surface area contributed by atoms with Crippen LogP contribution in [0.3, 0.4) is 0 Å². The second kappa shape index (κ2) is 4.57. The lowest BCUT2D eigenvalue weighted by atomic mass is 9.91. The van der Waals surface area contributed by atoms with Crippen LogP contribution in [0.5, 0.6) is 5.75 Å². The van der Waals surface area contributed by atoms with E-state index in [9.17, 15) is 4.39 Å². The predicted molar refractivity (Wildman–Crippen MR) is 71.8 cm³/mol. The van der Waals surface area contributed by atoms with Gasteiger partial charge in [-0.15, -0.1) is 0 Å². The minimum absolute atomic E-state index is 0.190. The molecular weight excluding hydrogens is 247 g/mol. The molecule has 0 atom stereocenters. The van der Waals surface area contributed by atoms with Crippen molar-refractivity contribution < 1.29 is 13.7 Å². The molecule has 0 radical (unpaired) electrons. The smallest absolute Gasteiger partial charge is 0.230 e. The van der Waals surface area contributed by atoms with Crippen LogP contribution in [0.2, 0.25) is 0 Å². The van der Waals surface area contributed by atoms with Gasteiger partial charge in [-0.25, -0.2) is 4.39 Å². The number of nitrogens with two attached hydrogens (primary N) is 1. The van der Waals surface area contributed by atoms with Crippen LogP contribution >= 0.6 is 0 Å². The van der Waals surface area contributed by atoms with Crippen LogP contribution in [-0.2, 0) is 5.67 Å². The van der Waals surface area contributed by atoms with Gasteiger partial charge in [0.2, 0.25) is 5.88 Å². The van der Waals surface area contributed by atoms with Crippen LogP contribution in [0, 0.1) is 6.92 Å². The van der Waals surface area contributed by atoms with Crippen LogP contribution in [0.15, 0.2) is 22.9 Å². The van der Waals surface area contributed by atoms with Gasteiger partial charge in [0.1, 0.15) is 11.4 Å². The molecule has 4 nitrogen and oxygen atoms in total. The molecule has 1 heterocycles. The predicted octanol–water partition coefficient (Wildman–Crippen LogP) is 3.45. The lowest BCUT2D eigenvalue weighted by Crippen LogP contribution is -2.12. The van der Waals surface area contributed by atoms with Crippen LogP contribution in [-0.4, -0.2) is 12.3 Å². The van der Waals surface area contributed by atoms with Gasteiger partial charge in [0.15, 0.2) is 0 Å². The average molecular weight is 264 g/mol. The Morgan fingerprint density at radius 1 is 1.37 bits per heavy atom. The highest BCUT2D eigenvalue weighted by Gasteiger charge is 2.27. The van der Waals surface area contributed by atoms with Gasteiger partial charge in [0, 0.05) is 11.1 Å². The lowest BCUT2D eigenvalue weighted by molar-refractivity contribution is 0.213. The fourth-order valence-corrected chi connectivity index (χ4v) is 2.13. The molecule has 0 aliphatic heterocycles. The number of rotatable bonds is 3. The zero-order valence-corrected chi connectivity index (χ0v) is 11.5. The number of aryl methyl sites for hydroxylation is 1. The molecule has 0 unspecified atom stereocenters. The highest BCUT2D eigenvalue weighted by Crippen LogP contribution is 2.43. The SMILES string of the molecule is COc1c(C(C)(C)F)ccc(C)c1-c1cnoc1N. The first-order valence-electron chi connectivity index (χ1n) is 5.93. The van der Waals surface area contributed by atoms with E-state index in [4.69, 9.17) is 15.0 Å². The number of hydrogen-bond donors (Lipinski definition) is 1. The fourth-order valence-electron chi connectivity index (χ4n) is 2.13. The summed E-state index contributed by atoms with van der Waals surface area (Å²) in [6.45, 7) is 4.88. The van der Waals surface area contributed by atoms with Crippen molar-refractivity contribution in [2.45, 2.75) is 26.4 Å². The van der Waals surface area contributed by atoms with Gasteiger partial charge in [-0.2, -0.15) is 0 Å². The highest BCUT2D eigenvalue weighted by atomic mass is 19.1. The van der Waals surface area contributed by atoms with Crippen molar-refractivity contribution in [3.05, 3.63) is 29.5 Å². The minimum atomic E-state index is -1.51. The Balaban J connectivity index is 2.77. The van der Waals surface area contributed by atoms with E-state index in [1.54, 1.807) is 6.07 Å². The maximum Gasteiger partial charge on any atom is 0.230 e. The lowest BCUT2D eigenvalue weighted by Gasteiger charge is -2.21. The van der Waals surface area contributed by atoms with Crippen LogP contribution in [0.25, 0.3) is 11.1 Å². The molecule has 0 saturated heterocycles. The van der Waals surface area contributed by atoms with Crippen molar-refractivity contribution in [1.82, 2.24) is 5.16 Å². The summed E-state index contributed by atoms with van der Waals surface area (Å²) < 4.78 is 24.5. The molecule has 0 aliphatic carbocycles. The Morgan fingerprint density at radius 3 is 2.53 bits per heavy atom. The van der Waals surface area contributed by atoms with Crippen molar-refractivity contribution in [1.29, 1.82) is 0 Å². The van der Waals surface area contributed by atoms with E-state index in [1.807, 2.05) is 13.0 Å². The highest BCUT2D eigenvalue weighted by molar-refractivity contribution is 5.81. The van der Waals surface area contributed by atoms with Crippen molar-refractivity contribution in [2.75, 3.05) is 12.8 Å². The van der Waals surface area contributed by atoms with Crippen molar-refractivity contribution in [2.24, 2.45) is 0 Å². The summed E-state index contributed by atoms with van der Waals surface area (Å²) in [6, 6.07) is 3.56. The topological polar surface area (TPSA) is 61.3 Å². The second-order valence-electron chi connectivity index (χ2n) is 4.91. The first-order chi connectivity index (χ1) is 8.86. The van der Waals surface area contributed by atoms with Gasteiger partial charge >= 0.3 is 0 Å². The van der Waals surface area contributed by atoms with Gasteiger partial charge < -0.3 is 15.0 Å². The van der Waals surface area contributed by atoms with Crippen LogP contribution in [0.1, 0.15) is 25.0 Å². The molecule has 0 fully saturated rings. The Labute approximate surface area is 111 Å². The van der Waals surface area contributed by atoms with Crippen molar-refractivity contribution >= 4 is 5.88 Å². The van der Waals surface area contributed by atoms with Crippen LogP contribution in [0.4, 0.5) is 10.3 Å². The molecular formula is C14H17FN2O2. The molecule has 2 aromatic rings.